The maximum atomic E-state index is 12.3. The zero-order valence-electron chi connectivity index (χ0n) is 13.2. The number of halogens is 1. The van der Waals surface area contributed by atoms with Crippen molar-refractivity contribution in [1.29, 1.82) is 0 Å². The number of primary amides is 1. The van der Waals surface area contributed by atoms with Gasteiger partial charge in [0.1, 0.15) is 6.04 Å². The first kappa shape index (κ1) is 19.5. The molecule has 1 atom stereocenters. The summed E-state index contributed by atoms with van der Waals surface area (Å²) in [6.07, 6.45) is 4.07. The van der Waals surface area contributed by atoms with Crippen molar-refractivity contribution in [2.24, 2.45) is 23.3 Å². The number of nitrogens with two attached hydrogens (primary N) is 2. The monoisotopic (exact) mass is 339 g/mol. The summed E-state index contributed by atoms with van der Waals surface area (Å²) in [6.45, 7) is 0.687. The van der Waals surface area contributed by atoms with Crippen LogP contribution in [0.1, 0.15) is 31.2 Å². The van der Waals surface area contributed by atoms with Gasteiger partial charge < -0.3 is 16.8 Å². The van der Waals surface area contributed by atoms with Crippen molar-refractivity contribution in [3.63, 3.8) is 0 Å². The second-order valence-electron chi connectivity index (χ2n) is 6.11. The van der Waals surface area contributed by atoms with Gasteiger partial charge in [0.25, 0.3) is 0 Å². The molecule has 2 rings (SSSR count). The molecule has 0 spiro atoms. The molecule has 1 aliphatic rings. The van der Waals surface area contributed by atoms with Crippen molar-refractivity contribution in [2.45, 2.75) is 38.1 Å². The molecule has 6 heteroatoms. The second kappa shape index (κ2) is 9.53. The van der Waals surface area contributed by atoms with Gasteiger partial charge in [0.15, 0.2) is 0 Å². The van der Waals surface area contributed by atoms with Crippen LogP contribution < -0.4 is 16.8 Å². The molecular weight excluding hydrogens is 314 g/mol. The predicted molar refractivity (Wildman–Crippen MR) is 93.0 cm³/mol. The van der Waals surface area contributed by atoms with Crippen LogP contribution in [-0.4, -0.2) is 24.4 Å². The second-order valence-corrected chi connectivity index (χ2v) is 6.11. The fourth-order valence-corrected chi connectivity index (χ4v) is 3.02. The first-order valence-electron chi connectivity index (χ1n) is 7.93. The molecule has 128 valence electrons. The Morgan fingerprint density at radius 2 is 1.74 bits per heavy atom. The minimum Gasteiger partial charge on any atom is -0.368 e. The third kappa shape index (κ3) is 5.84. The first-order chi connectivity index (χ1) is 10.6. The largest absolute Gasteiger partial charge is 0.368 e. The Labute approximate surface area is 143 Å². The summed E-state index contributed by atoms with van der Waals surface area (Å²) in [5.74, 6) is -0.0521. The highest BCUT2D eigenvalue weighted by atomic mass is 35.5. The summed E-state index contributed by atoms with van der Waals surface area (Å²) < 4.78 is 0. The molecule has 0 bridgehead atoms. The Kier molecular flexibility index (Phi) is 8.06. The molecule has 2 amide bonds. The van der Waals surface area contributed by atoms with Gasteiger partial charge in [-0.3, -0.25) is 9.59 Å². The van der Waals surface area contributed by atoms with Crippen molar-refractivity contribution in [2.75, 3.05) is 6.54 Å². The van der Waals surface area contributed by atoms with E-state index < -0.39 is 11.9 Å². The van der Waals surface area contributed by atoms with Crippen LogP contribution >= 0.6 is 12.4 Å². The average Bonchev–Trinajstić information content (AvgIpc) is 2.55. The number of hydrogen-bond donors (Lipinski definition) is 3. The first-order valence-corrected chi connectivity index (χ1v) is 7.93. The molecule has 5 N–H and O–H groups in total. The summed E-state index contributed by atoms with van der Waals surface area (Å²) in [4.78, 5) is 24.0. The molecule has 0 heterocycles. The highest BCUT2D eigenvalue weighted by Gasteiger charge is 2.28. The maximum Gasteiger partial charge on any atom is 0.240 e. The fourth-order valence-electron chi connectivity index (χ4n) is 3.02. The topological polar surface area (TPSA) is 98.2 Å². The van der Waals surface area contributed by atoms with Crippen LogP contribution in [0.4, 0.5) is 0 Å². The number of nitrogens with one attached hydrogen (secondary N) is 1. The molecule has 1 aromatic carbocycles. The van der Waals surface area contributed by atoms with Crippen molar-refractivity contribution < 1.29 is 9.59 Å². The minimum atomic E-state index is -0.651. The summed E-state index contributed by atoms with van der Waals surface area (Å²) in [5.41, 5.74) is 12.1. The number of carbonyl (C=O) groups excluding carboxylic acids is 2. The third-order valence-electron chi connectivity index (χ3n) is 4.49. The molecule has 0 aliphatic heterocycles. The van der Waals surface area contributed by atoms with Crippen molar-refractivity contribution >= 4 is 24.2 Å². The molecular formula is C17H26ClN3O2. The van der Waals surface area contributed by atoms with Crippen LogP contribution in [0.2, 0.25) is 0 Å². The standard InChI is InChI=1S/C17H25N3O2.ClH/c18-11-13-6-8-14(9-7-13)17(22)20-15(16(19)21)10-12-4-2-1-3-5-12;/h1-5,13-15H,6-11,18H2,(H2,19,21)(H,20,22);1H/t13?,14?,15-;/m0./s1. The van der Waals surface area contributed by atoms with E-state index in [-0.39, 0.29) is 24.2 Å². The number of rotatable bonds is 6. The van der Waals surface area contributed by atoms with Gasteiger partial charge in [-0.2, -0.15) is 0 Å². The molecule has 1 fully saturated rings. The van der Waals surface area contributed by atoms with Gasteiger partial charge in [0.2, 0.25) is 11.8 Å². The Balaban J connectivity index is 0.00000264. The fraction of sp³-hybridized carbons (Fsp3) is 0.529. The Hall–Kier alpha value is -1.59. The number of benzene rings is 1. The van der Waals surface area contributed by atoms with Crippen LogP contribution in [0.3, 0.4) is 0 Å². The smallest absolute Gasteiger partial charge is 0.240 e. The van der Waals surface area contributed by atoms with Crippen LogP contribution in [-0.2, 0) is 16.0 Å². The van der Waals surface area contributed by atoms with Gasteiger partial charge in [0, 0.05) is 12.3 Å². The van der Waals surface area contributed by atoms with E-state index in [2.05, 4.69) is 5.32 Å². The van der Waals surface area contributed by atoms with Crippen LogP contribution in [0, 0.1) is 11.8 Å². The normalized spacial score (nSPS) is 21.8. The molecule has 5 nitrogen and oxygen atoms in total. The Bertz CT molecular complexity index is 502. The molecule has 0 unspecified atom stereocenters. The van der Waals surface area contributed by atoms with Gasteiger partial charge in [0.05, 0.1) is 0 Å². The van der Waals surface area contributed by atoms with Gasteiger partial charge in [-0.25, -0.2) is 0 Å². The van der Waals surface area contributed by atoms with Gasteiger partial charge in [-0.1, -0.05) is 30.3 Å². The highest BCUT2D eigenvalue weighted by Crippen LogP contribution is 2.28. The van der Waals surface area contributed by atoms with Crippen molar-refractivity contribution in [1.82, 2.24) is 5.32 Å². The molecule has 23 heavy (non-hydrogen) atoms. The van der Waals surface area contributed by atoms with E-state index >= 15 is 0 Å². The molecule has 1 saturated carbocycles. The van der Waals surface area contributed by atoms with E-state index in [0.717, 1.165) is 31.2 Å². The Morgan fingerprint density at radius 1 is 1.13 bits per heavy atom. The molecule has 1 aromatic rings. The highest BCUT2D eigenvalue weighted by molar-refractivity contribution is 5.87. The quantitative estimate of drug-likeness (QED) is 0.730. The third-order valence-corrected chi connectivity index (χ3v) is 4.49. The van der Waals surface area contributed by atoms with Crippen LogP contribution in [0.15, 0.2) is 30.3 Å². The zero-order chi connectivity index (χ0) is 15.9. The van der Waals surface area contributed by atoms with Gasteiger partial charge in [-0.05, 0) is 43.7 Å². The molecule has 0 saturated heterocycles. The number of amides is 2. The molecule has 0 radical (unpaired) electrons. The number of carbonyl (C=O) groups is 2. The van der Waals surface area contributed by atoms with E-state index in [1.54, 1.807) is 0 Å². The summed E-state index contributed by atoms with van der Waals surface area (Å²) >= 11 is 0. The Morgan fingerprint density at radius 3 is 2.26 bits per heavy atom. The lowest BCUT2D eigenvalue weighted by atomic mass is 9.81. The minimum absolute atomic E-state index is 0. The van der Waals surface area contributed by atoms with Crippen LogP contribution in [0.25, 0.3) is 0 Å². The lowest BCUT2D eigenvalue weighted by Gasteiger charge is -2.28. The van der Waals surface area contributed by atoms with E-state index in [4.69, 9.17) is 11.5 Å². The number of hydrogen-bond acceptors (Lipinski definition) is 3. The SMILES string of the molecule is Cl.NCC1CCC(C(=O)N[C@@H](Cc2ccccc2)C(N)=O)CC1. The molecule has 1 aliphatic carbocycles. The molecule has 0 aromatic heterocycles. The lowest BCUT2D eigenvalue weighted by molar-refractivity contribution is -0.130. The zero-order valence-corrected chi connectivity index (χ0v) is 14.1. The van der Waals surface area contributed by atoms with Crippen molar-refractivity contribution in [3.05, 3.63) is 35.9 Å². The van der Waals surface area contributed by atoms with E-state index in [9.17, 15) is 9.59 Å². The van der Waals surface area contributed by atoms with Crippen molar-refractivity contribution in [3.8, 4) is 0 Å². The van der Waals surface area contributed by atoms with E-state index in [1.807, 2.05) is 30.3 Å². The van der Waals surface area contributed by atoms with Gasteiger partial charge in [-0.15, -0.1) is 12.4 Å². The summed E-state index contributed by atoms with van der Waals surface area (Å²) in [6, 6.07) is 8.93. The van der Waals surface area contributed by atoms with E-state index in [1.165, 1.54) is 0 Å². The maximum absolute atomic E-state index is 12.3. The average molecular weight is 340 g/mol. The van der Waals surface area contributed by atoms with Crippen LogP contribution in [0.5, 0.6) is 0 Å². The van der Waals surface area contributed by atoms with E-state index in [0.29, 0.717) is 18.9 Å². The lowest BCUT2D eigenvalue weighted by Crippen LogP contribution is -2.48. The van der Waals surface area contributed by atoms with Gasteiger partial charge >= 0.3 is 0 Å². The summed E-state index contributed by atoms with van der Waals surface area (Å²) in [5, 5.41) is 2.82. The predicted octanol–water partition coefficient (Wildman–Crippen LogP) is 1.39. The summed E-state index contributed by atoms with van der Waals surface area (Å²) in [7, 11) is 0.